The van der Waals surface area contributed by atoms with E-state index >= 15 is 0 Å². The molecule has 0 spiro atoms. The fraction of sp³-hybridized carbons (Fsp3) is 0.250. The van der Waals surface area contributed by atoms with Crippen LogP contribution in [0.4, 0.5) is 5.82 Å². The number of fused-ring (bicyclic) bond motifs is 1. The molecule has 0 saturated carbocycles. The molecule has 1 aromatic heterocycles. The van der Waals surface area contributed by atoms with Gasteiger partial charge in [-0.05, 0) is 37.6 Å². The van der Waals surface area contributed by atoms with Gasteiger partial charge >= 0.3 is 0 Å². The van der Waals surface area contributed by atoms with E-state index in [9.17, 15) is 4.79 Å². The average molecular weight is 303 g/mol. The normalized spacial score (nSPS) is 16.2. The van der Waals surface area contributed by atoms with E-state index in [0.717, 1.165) is 17.5 Å². The lowest BCUT2D eigenvalue weighted by molar-refractivity contribution is 0.102. The Hall–Kier alpha value is -2.07. The summed E-state index contributed by atoms with van der Waals surface area (Å²) < 4.78 is 5.73. The summed E-state index contributed by atoms with van der Waals surface area (Å²) in [5, 5.41) is 3.30. The first-order valence-corrected chi connectivity index (χ1v) is 7.14. The first kappa shape index (κ1) is 13.9. The molecule has 2 aromatic rings. The molecule has 0 fully saturated rings. The Kier molecular flexibility index (Phi) is 3.55. The smallest absolute Gasteiger partial charge is 0.260 e. The number of pyridine rings is 1. The Bertz CT molecular complexity index is 698. The summed E-state index contributed by atoms with van der Waals surface area (Å²) >= 11 is 6.09. The van der Waals surface area contributed by atoms with Gasteiger partial charge in [0.05, 0.1) is 5.56 Å². The lowest BCUT2D eigenvalue weighted by Gasteiger charge is -2.10. The van der Waals surface area contributed by atoms with E-state index in [1.165, 1.54) is 0 Å². The van der Waals surface area contributed by atoms with Crippen molar-refractivity contribution in [2.24, 2.45) is 0 Å². The Balaban J connectivity index is 1.90. The first-order chi connectivity index (χ1) is 10.0. The first-order valence-electron chi connectivity index (χ1n) is 6.76. The second-order valence-corrected chi connectivity index (χ2v) is 5.69. The summed E-state index contributed by atoms with van der Waals surface area (Å²) in [7, 11) is 0. The third-order valence-electron chi connectivity index (χ3n) is 3.35. The number of aromatic nitrogens is 1. The molecule has 1 aliphatic rings. The molecule has 1 aliphatic heterocycles. The molecule has 0 unspecified atom stereocenters. The topological polar surface area (TPSA) is 51.2 Å². The van der Waals surface area contributed by atoms with Gasteiger partial charge in [0.15, 0.2) is 0 Å². The maximum atomic E-state index is 12.4. The van der Waals surface area contributed by atoms with E-state index in [-0.39, 0.29) is 12.0 Å². The fourth-order valence-electron chi connectivity index (χ4n) is 2.39. The highest BCUT2D eigenvalue weighted by Gasteiger charge is 2.26. The van der Waals surface area contributed by atoms with Crippen LogP contribution >= 0.6 is 11.6 Å². The predicted octanol–water partition coefficient (Wildman–Crippen LogP) is 3.62. The molecular weight excluding hydrogens is 288 g/mol. The van der Waals surface area contributed by atoms with Crippen molar-refractivity contribution in [1.82, 2.24) is 4.98 Å². The van der Waals surface area contributed by atoms with Crippen LogP contribution in [-0.2, 0) is 6.42 Å². The minimum Gasteiger partial charge on any atom is -0.489 e. The largest absolute Gasteiger partial charge is 0.489 e. The monoisotopic (exact) mass is 302 g/mol. The van der Waals surface area contributed by atoms with Crippen LogP contribution in [0.25, 0.3) is 0 Å². The summed E-state index contributed by atoms with van der Waals surface area (Å²) in [6.45, 7) is 3.91. The van der Waals surface area contributed by atoms with Crippen LogP contribution in [0.2, 0.25) is 5.02 Å². The van der Waals surface area contributed by atoms with Gasteiger partial charge in [0.25, 0.3) is 5.91 Å². The number of hydrogen-bond acceptors (Lipinski definition) is 3. The minimum atomic E-state index is -0.265. The molecule has 0 bridgehead atoms. The molecule has 0 radical (unpaired) electrons. The maximum absolute atomic E-state index is 12.4. The van der Waals surface area contributed by atoms with Crippen molar-refractivity contribution >= 4 is 23.3 Å². The third kappa shape index (κ3) is 2.85. The summed E-state index contributed by atoms with van der Waals surface area (Å²) in [5.41, 5.74) is 2.45. The van der Waals surface area contributed by atoms with Gasteiger partial charge in [0.1, 0.15) is 17.7 Å². The van der Waals surface area contributed by atoms with Gasteiger partial charge in [-0.25, -0.2) is 4.98 Å². The SMILES string of the molecule is Cc1ccc(NC(=O)c2cc(Cl)cc3c2O[C@H](C)C3)nc1. The molecule has 1 aromatic carbocycles. The van der Waals surface area contributed by atoms with Crippen LogP contribution in [-0.4, -0.2) is 17.0 Å². The Morgan fingerprint density at radius 1 is 1.43 bits per heavy atom. The molecule has 108 valence electrons. The van der Waals surface area contributed by atoms with Crippen LogP contribution in [0, 0.1) is 6.92 Å². The molecule has 0 aliphatic carbocycles. The molecule has 2 heterocycles. The van der Waals surface area contributed by atoms with Crippen LogP contribution in [0.1, 0.15) is 28.4 Å². The Morgan fingerprint density at radius 3 is 2.95 bits per heavy atom. The van der Waals surface area contributed by atoms with Gasteiger partial charge in [-0.2, -0.15) is 0 Å². The van der Waals surface area contributed by atoms with Crippen molar-refractivity contribution in [2.75, 3.05) is 5.32 Å². The number of rotatable bonds is 2. The highest BCUT2D eigenvalue weighted by Crippen LogP contribution is 2.35. The van der Waals surface area contributed by atoms with Crippen molar-refractivity contribution in [2.45, 2.75) is 26.4 Å². The van der Waals surface area contributed by atoms with Gasteiger partial charge < -0.3 is 10.1 Å². The van der Waals surface area contributed by atoms with Crippen molar-refractivity contribution in [1.29, 1.82) is 0 Å². The third-order valence-corrected chi connectivity index (χ3v) is 3.57. The number of benzene rings is 1. The van der Waals surface area contributed by atoms with Crippen molar-refractivity contribution in [3.05, 3.63) is 52.2 Å². The molecule has 1 atom stereocenters. The summed E-state index contributed by atoms with van der Waals surface area (Å²) in [4.78, 5) is 16.6. The molecule has 4 nitrogen and oxygen atoms in total. The number of carbonyl (C=O) groups is 1. The zero-order valence-electron chi connectivity index (χ0n) is 11.8. The van der Waals surface area contributed by atoms with Gasteiger partial charge in [-0.3, -0.25) is 4.79 Å². The van der Waals surface area contributed by atoms with Crippen LogP contribution in [0.5, 0.6) is 5.75 Å². The number of aryl methyl sites for hydroxylation is 1. The van der Waals surface area contributed by atoms with Crippen molar-refractivity contribution in [3.63, 3.8) is 0 Å². The second kappa shape index (κ2) is 5.37. The number of nitrogens with zero attached hydrogens (tertiary/aromatic N) is 1. The zero-order valence-corrected chi connectivity index (χ0v) is 12.6. The minimum absolute atomic E-state index is 0.0579. The maximum Gasteiger partial charge on any atom is 0.260 e. The molecule has 1 N–H and O–H groups in total. The van der Waals surface area contributed by atoms with Gasteiger partial charge in [-0.15, -0.1) is 0 Å². The number of ether oxygens (including phenoxy) is 1. The molecule has 1 amide bonds. The number of halogens is 1. The molecular formula is C16H15ClN2O2. The average Bonchev–Trinajstić information content (AvgIpc) is 2.80. The molecule has 5 heteroatoms. The zero-order chi connectivity index (χ0) is 15.0. The van der Waals surface area contributed by atoms with Gasteiger partial charge in [-0.1, -0.05) is 17.7 Å². The quantitative estimate of drug-likeness (QED) is 0.922. The van der Waals surface area contributed by atoms with E-state index in [0.29, 0.717) is 22.2 Å². The predicted molar refractivity (Wildman–Crippen MR) is 82.2 cm³/mol. The van der Waals surface area contributed by atoms with E-state index in [1.807, 2.05) is 26.0 Å². The number of nitrogens with one attached hydrogen (secondary N) is 1. The number of hydrogen-bond donors (Lipinski definition) is 1. The van der Waals surface area contributed by atoms with Crippen molar-refractivity contribution < 1.29 is 9.53 Å². The highest BCUT2D eigenvalue weighted by molar-refractivity contribution is 6.31. The van der Waals surface area contributed by atoms with Crippen LogP contribution in [0.15, 0.2) is 30.5 Å². The second-order valence-electron chi connectivity index (χ2n) is 5.25. The van der Waals surface area contributed by atoms with Gasteiger partial charge in [0.2, 0.25) is 0 Å². The molecule has 21 heavy (non-hydrogen) atoms. The van der Waals surface area contributed by atoms with Crippen molar-refractivity contribution in [3.8, 4) is 5.75 Å². The standard InChI is InChI=1S/C16H15ClN2O2/c1-9-3-4-14(18-8-9)19-16(20)13-7-12(17)6-11-5-10(2)21-15(11)13/h3-4,6-8,10H,5H2,1-2H3,(H,18,19,20)/t10-/m1/s1. The number of anilines is 1. The number of amides is 1. The number of carbonyl (C=O) groups excluding carboxylic acids is 1. The van der Waals surface area contributed by atoms with E-state index in [1.54, 1.807) is 18.3 Å². The lowest BCUT2D eigenvalue weighted by atomic mass is 10.1. The Morgan fingerprint density at radius 2 is 2.24 bits per heavy atom. The molecule has 0 saturated heterocycles. The molecule has 3 rings (SSSR count). The highest BCUT2D eigenvalue weighted by atomic mass is 35.5. The Labute approximate surface area is 128 Å². The summed E-state index contributed by atoms with van der Waals surface area (Å²) in [5.74, 6) is 0.862. The summed E-state index contributed by atoms with van der Waals surface area (Å²) in [6.07, 6.45) is 2.53. The van der Waals surface area contributed by atoms with Gasteiger partial charge in [0, 0.05) is 23.2 Å². The summed E-state index contributed by atoms with van der Waals surface area (Å²) in [6, 6.07) is 7.13. The lowest BCUT2D eigenvalue weighted by Crippen LogP contribution is -2.15. The fourth-order valence-corrected chi connectivity index (χ4v) is 2.63. The van der Waals surface area contributed by atoms with Crippen LogP contribution in [0.3, 0.4) is 0 Å². The van der Waals surface area contributed by atoms with E-state index in [4.69, 9.17) is 16.3 Å². The van der Waals surface area contributed by atoms with Crippen LogP contribution < -0.4 is 10.1 Å². The van der Waals surface area contributed by atoms with E-state index in [2.05, 4.69) is 10.3 Å². The van der Waals surface area contributed by atoms with E-state index < -0.39 is 0 Å².